The van der Waals surface area contributed by atoms with Crippen LogP contribution in [0.2, 0.25) is 0 Å². The van der Waals surface area contributed by atoms with Gasteiger partial charge in [-0.15, -0.1) is 0 Å². The van der Waals surface area contributed by atoms with Gasteiger partial charge in [0.25, 0.3) is 0 Å². The molecule has 0 amide bonds. The van der Waals surface area contributed by atoms with Crippen molar-refractivity contribution in [3.63, 3.8) is 0 Å². The molecule has 1 aliphatic rings. The lowest BCUT2D eigenvalue weighted by Crippen LogP contribution is -2.27. The van der Waals surface area contributed by atoms with Crippen molar-refractivity contribution in [2.75, 3.05) is 37.9 Å². The van der Waals surface area contributed by atoms with Crippen molar-refractivity contribution in [2.24, 2.45) is 0 Å². The molecular formula is C18H22N6. The number of rotatable bonds is 4. The number of nitrogens with one attached hydrogen (secondary N) is 1. The first-order valence-electron chi connectivity index (χ1n) is 8.05. The molecule has 2 aromatic rings. The normalized spacial score (nSPS) is 13.9. The minimum Gasteiger partial charge on any atom is -0.363 e. The second kappa shape index (κ2) is 6.85. The average molecular weight is 322 g/mol. The zero-order valence-corrected chi connectivity index (χ0v) is 14.4. The molecule has 3 heterocycles. The summed E-state index contributed by atoms with van der Waals surface area (Å²) in [6.45, 7) is 2.39. The molecular weight excluding hydrogens is 300 g/mol. The predicted molar refractivity (Wildman–Crippen MR) is 94.9 cm³/mol. The van der Waals surface area contributed by atoms with Gasteiger partial charge in [0.15, 0.2) is 0 Å². The molecule has 124 valence electrons. The summed E-state index contributed by atoms with van der Waals surface area (Å²) >= 11 is 0. The monoisotopic (exact) mass is 322 g/mol. The van der Waals surface area contributed by atoms with Crippen LogP contribution in [-0.4, -0.2) is 42.6 Å². The highest BCUT2D eigenvalue weighted by molar-refractivity contribution is 5.55. The van der Waals surface area contributed by atoms with Gasteiger partial charge in [-0.2, -0.15) is 5.26 Å². The van der Waals surface area contributed by atoms with Crippen LogP contribution in [0.25, 0.3) is 0 Å². The number of hydrogen-bond donors (Lipinski definition) is 1. The van der Waals surface area contributed by atoms with Crippen molar-refractivity contribution < 1.29 is 0 Å². The molecule has 0 unspecified atom stereocenters. The highest BCUT2D eigenvalue weighted by Gasteiger charge is 2.17. The molecule has 0 spiro atoms. The molecule has 1 N–H and O–H groups in total. The van der Waals surface area contributed by atoms with Gasteiger partial charge in [-0.05, 0) is 30.8 Å². The molecule has 0 radical (unpaired) electrons. The maximum atomic E-state index is 9.43. The number of nitriles is 1. The number of hydrogen-bond acceptors (Lipinski definition) is 6. The zero-order chi connectivity index (χ0) is 17.1. The van der Waals surface area contributed by atoms with Crippen LogP contribution < -0.4 is 10.2 Å². The summed E-state index contributed by atoms with van der Waals surface area (Å²) in [6.07, 6.45) is 0.917. The van der Waals surface area contributed by atoms with Crippen LogP contribution in [0.5, 0.6) is 0 Å². The van der Waals surface area contributed by atoms with Gasteiger partial charge in [0.1, 0.15) is 17.7 Å². The number of pyridine rings is 2. The van der Waals surface area contributed by atoms with E-state index in [4.69, 9.17) is 4.98 Å². The first-order chi connectivity index (χ1) is 11.6. The van der Waals surface area contributed by atoms with Crippen molar-refractivity contribution in [1.82, 2.24) is 14.9 Å². The molecule has 6 nitrogen and oxygen atoms in total. The number of nitrogens with zero attached hydrogens (tertiary/aromatic N) is 5. The van der Waals surface area contributed by atoms with E-state index in [0.717, 1.165) is 42.3 Å². The predicted octanol–water partition coefficient (Wildman–Crippen LogP) is 2.01. The number of fused-ring (bicyclic) bond motifs is 1. The van der Waals surface area contributed by atoms with Crippen LogP contribution >= 0.6 is 0 Å². The molecule has 1 aliphatic heterocycles. The third-order valence-corrected chi connectivity index (χ3v) is 4.17. The van der Waals surface area contributed by atoms with Crippen LogP contribution in [-0.2, 0) is 19.5 Å². The fourth-order valence-corrected chi connectivity index (χ4v) is 2.82. The summed E-state index contributed by atoms with van der Waals surface area (Å²) in [5, 5.41) is 12.7. The molecule has 0 aliphatic carbocycles. The number of anilines is 2. The average Bonchev–Trinajstić information content (AvgIpc) is 2.59. The first-order valence-corrected chi connectivity index (χ1v) is 8.05. The smallest absolute Gasteiger partial charge is 0.144 e. The van der Waals surface area contributed by atoms with E-state index in [0.29, 0.717) is 17.9 Å². The van der Waals surface area contributed by atoms with E-state index in [9.17, 15) is 5.26 Å². The highest BCUT2D eigenvalue weighted by Crippen LogP contribution is 2.22. The van der Waals surface area contributed by atoms with E-state index in [1.807, 2.05) is 43.3 Å². The van der Waals surface area contributed by atoms with E-state index in [-0.39, 0.29) is 0 Å². The van der Waals surface area contributed by atoms with E-state index < -0.39 is 0 Å². The summed E-state index contributed by atoms with van der Waals surface area (Å²) < 4.78 is 0. The Morgan fingerprint density at radius 2 is 2.17 bits per heavy atom. The minimum atomic E-state index is 0.544. The van der Waals surface area contributed by atoms with E-state index in [1.54, 1.807) is 0 Å². The Labute approximate surface area is 142 Å². The minimum absolute atomic E-state index is 0.544. The Hall–Kier alpha value is -2.65. The van der Waals surface area contributed by atoms with Crippen molar-refractivity contribution in [1.29, 1.82) is 5.26 Å². The Morgan fingerprint density at radius 3 is 2.92 bits per heavy atom. The van der Waals surface area contributed by atoms with Crippen molar-refractivity contribution in [2.45, 2.75) is 19.5 Å². The first kappa shape index (κ1) is 16.2. The Morgan fingerprint density at radius 1 is 1.33 bits per heavy atom. The molecule has 2 aromatic heterocycles. The molecule has 0 atom stereocenters. The summed E-state index contributed by atoms with van der Waals surface area (Å²) in [4.78, 5) is 13.5. The topological polar surface area (TPSA) is 68.1 Å². The molecule has 24 heavy (non-hydrogen) atoms. The van der Waals surface area contributed by atoms with Gasteiger partial charge in [0.05, 0.1) is 17.8 Å². The molecule has 0 aromatic carbocycles. The van der Waals surface area contributed by atoms with Crippen LogP contribution in [0, 0.1) is 11.3 Å². The quantitative estimate of drug-likeness (QED) is 0.929. The van der Waals surface area contributed by atoms with Gasteiger partial charge < -0.3 is 15.1 Å². The summed E-state index contributed by atoms with van der Waals surface area (Å²) in [5.74, 6) is 1.56. The summed E-state index contributed by atoms with van der Waals surface area (Å²) in [6, 6.07) is 10.1. The highest BCUT2D eigenvalue weighted by atomic mass is 15.1. The van der Waals surface area contributed by atoms with Gasteiger partial charge >= 0.3 is 0 Å². The van der Waals surface area contributed by atoms with Crippen LogP contribution in [0.3, 0.4) is 0 Å². The van der Waals surface area contributed by atoms with Crippen LogP contribution in [0.15, 0.2) is 24.3 Å². The van der Waals surface area contributed by atoms with Gasteiger partial charge in [-0.1, -0.05) is 6.07 Å². The lowest BCUT2D eigenvalue weighted by Gasteiger charge is -2.25. The maximum absolute atomic E-state index is 9.43. The van der Waals surface area contributed by atoms with Gasteiger partial charge in [0, 0.05) is 39.3 Å². The van der Waals surface area contributed by atoms with Crippen molar-refractivity contribution >= 4 is 11.6 Å². The molecule has 3 rings (SSSR count). The van der Waals surface area contributed by atoms with Gasteiger partial charge in [-0.3, -0.25) is 0 Å². The summed E-state index contributed by atoms with van der Waals surface area (Å²) in [5.41, 5.74) is 3.75. The van der Waals surface area contributed by atoms with Gasteiger partial charge in [-0.25, -0.2) is 9.97 Å². The van der Waals surface area contributed by atoms with Crippen LogP contribution in [0.4, 0.5) is 11.6 Å². The molecule has 0 saturated carbocycles. The standard InChI is InChI=1S/C18H22N6/c1-23(2)17-6-4-5-15(21-17)11-20-18-13(10-19)9-14-12-24(3)8-7-16(14)22-18/h4-6,9H,7-8,11-12H2,1-3H3,(H,20,22). The lowest BCUT2D eigenvalue weighted by atomic mass is 10.0. The number of aromatic nitrogens is 2. The fraction of sp³-hybridized carbons (Fsp3) is 0.389. The van der Waals surface area contributed by atoms with E-state index in [2.05, 4.69) is 28.3 Å². The maximum Gasteiger partial charge on any atom is 0.144 e. The van der Waals surface area contributed by atoms with E-state index >= 15 is 0 Å². The second-order valence-electron chi connectivity index (χ2n) is 6.33. The molecule has 0 bridgehead atoms. The molecule has 0 fully saturated rings. The Kier molecular flexibility index (Phi) is 4.63. The van der Waals surface area contributed by atoms with Crippen LogP contribution in [0.1, 0.15) is 22.5 Å². The third kappa shape index (κ3) is 3.47. The van der Waals surface area contributed by atoms with Crippen molar-refractivity contribution in [3.8, 4) is 6.07 Å². The Balaban J connectivity index is 1.80. The van der Waals surface area contributed by atoms with Crippen molar-refractivity contribution in [3.05, 3.63) is 46.8 Å². The second-order valence-corrected chi connectivity index (χ2v) is 6.33. The Bertz CT molecular complexity index is 778. The van der Waals surface area contributed by atoms with E-state index in [1.165, 1.54) is 0 Å². The fourth-order valence-electron chi connectivity index (χ4n) is 2.82. The third-order valence-electron chi connectivity index (χ3n) is 4.17. The largest absolute Gasteiger partial charge is 0.363 e. The SMILES string of the molecule is CN1CCc2nc(NCc3cccc(N(C)C)n3)c(C#N)cc2C1. The van der Waals surface area contributed by atoms with Gasteiger partial charge in [0.2, 0.25) is 0 Å². The lowest BCUT2D eigenvalue weighted by molar-refractivity contribution is 0.310. The summed E-state index contributed by atoms with van der Waals surface area (Å²) in [7, 11) is 6.02. The molecule has 0 saturated heterocycles. The molecule has 6 heteroatoms. The zero-order valence-electron chi connectivity index (χ0n) is 14.4. The number of likely N-dealkylation sites (N-methyl/N-ethyl adjacent to an activating group) is 1.